The smallest absolute Gasteiger partial charge is 0.156 e. The number of ketones is 1. The minimum Gasteiger partial charge on any atom is -0.332 e. The molecule has 1 aromatic heterocycles. The molecule has 86 valence electrons. The van der Waals surface area contributed by atoms with Crippen LogP contribution in [-0.2, 0) is 11.3 Å². The molecule has 1 aliphatic carbocycles. The Morgan fingerprint density at radius 3 is 2.81 bits per heavy atom. The Balaban J connectivity index is 2.38. The van der Waals surface area contributed by atoms with Crippen molar-refractivity contribution < 1.29 is 4.79 Å². The molecule has 1 aromatic rings. The second-order valence-electron chi connectivity index (χ2n) is 5.19. The van der Waals surface area contributed by atoms with E-state index in [4.69, 9.17) is 0 Å². The van der Waals surface area contributed by atoms with Gasteiger partial charge in [-0.3, -0.25) is 4.79 Å². The summed E-state index contributed by atoms with van der Waals surface area (Å²) >= 11 is 0. The number of carbonyl (C=O) groups is 1. The largest absolute Gasteiger partial charge is 0.332 e. The molecule has 1 heterocycles. The fraction of sp³-hybridized carbons (Fsp3) is 0.538. The van der Waals surface area contributed by atoms with Gasteiger partial charge in [0.25, 0.3) is 0 Å². The molecule has 0 bridgehead atoms. The maximum absolute atomic E-state index is 11.7. The molecule has 3 nitrogen and oxygen atoms in total. The molecular formula is C13H18N2O. The summed E-state index contributed by atoms with van der Waals surface area (Å²) in [5.41, 5.74) is 1.14. The Bertz CT molecular complexity index is 441. The first kappa shape index (κ1) is 11.1. The molecule has 0 aliphatic heterocycles. The Labute approximate surface area is 96.2 Å². The molecule has 0 N–H and O–H groups in total. The second-order valence-corrected chi connectivity index (χ2v) is 5.19. The summed E-state index contributed by atoms with van der Waals surface area (Å²) in [6.07, 6.45) is 7.09. The Kier molecular flexibility index (Phi) is 2.70. The lowest BCUT2D eigenvalue weighted by atomic mass is 9.76. The van der Waals surface area contributed by atoms with Gasteiger partial charge in [-0.15, -0.1) is 0 Å². The van der Waals surface area contributed by atoms with Gasteiger partial charge in [-0.1, -0.05) is 13.8 Å². The molecule has 0 fully saturated rings. The van der Waals surface area contributed by atoms with E-state index >= 15 is 0 Å². The van der Waals surface area contributed by atoms with Crippen molar-refractivity contribution in [2.75, 3.05) is 0 Å². The molecule has 0 saturated heterocycles. The first-order valence-electron chi connectivity index (χ1n) is 5.77. The summed E-state index contributed by atoms with van der Waals surface area (Å²) in [6.45, 7) is 7.25. The highest BCUT2D eigenvalue weighted by Gasteiger charge is 2.29. The van der Waals surface area contributed by atoms with E-state index in [1.165, 1.54) is 0 Å². The van der Waals surface area contributed by atoms with Crippen molar-refractivity contribution in [3.63, 3.8) is 0 Å². The van der Waals surface area contributed by atoms with Crippen LogP contribution in [-0.4, -0.2) is 15.3 Å². The fourth-order valence-electron chi connectivity index (χ4n) is 2.34. The third-order valence-electron chi connectivity index (χ3n) is 3.00. The highest BCUT2D eigenvalue weighted by molar-refractivity contribution is 5.98. The number of allylic oxidation sites excluding steroid dienone is 2. The lowest BCUT2D eigenvalue weighted by Crippen LogP contribution is -2.22. The van der Waals surface area contributed by atoms with Gasteiger partial charge in [-0.25, -0.2) is 4.98 Å². The van der Waals surface area contributed by atoms with Gasteiger partial charge in [0.05, 0.1) is 0 Å². The minimum atomic E-state index is 0.0612. The topological polar surface area (TPSA) is 34.9 Å². The van der Waals surface area contributed by atoms with Crippen LogP contribution in [0.1, 0.15) is 39.4 Å². The van der Waals surface area contributed by atoms with Gasteiger partial charge in [-0.2, -0.15) is 0 Å². The van der Waals surface area contributed by atoms with Crippen LogP contribution in [0.5, 0.6) is 0 Å². The molecule has 0 atom stereocenters. The number of aryl methyl sites for hydroxylation is 1. The van der Waals surface area contributed by atoms with Gasteiger partial charge < -0.3 is 4.57 Å². The molecule has 0 spiro atoms. The second kappa shape index (κ2) is 3.89. The average molecular weight is 218 g/mol. The zero-order valence-corrected chi connectivity index (χ0v) is 10.2. The van der Waals surface area contributed by atoms with Gasteiger partial charge >= 0.3 is 0 Å². The maximum Gasteiger partial charge on any atom is 0.156 e. The number of imidazole rings is 1. The zero-order chi connectivity index (χ0) is 11.8. The summed E-state index contributed by atoms with van der Waals surface area (Å²) in [6, 6.07) is 0. The number of carbonyl (C=O) groups excluding carboxylic acids is 1. The number of rotatable bonds is 2. The molecule has 16 heavy (non-hydrogen) atoms. The van der Waals surface area contributed by atoms with Crippen molar-refractivity contribution in [2.45, 2.75) is 40.2 Å². The third-order valence-corrected chi connectivity index (χ3v) is 3.00. The normalized spacial score (nSPS) is 19.7. The Morgan fingerprint density at radius 1 is 1.44 bits per heavy atom. The summed E-state index contributed by atoms with van der Waals surface area (Å²) in [7, 11) is 0. The predicted octanol–water partition coefficient (Wildman–Crippen LogP) is 2.68. The summed E-state index contributed by atoms with van der Waals surface area (Å²) in [4.78, 5) is 16.0. The monoisotopic (exact) mass is 218 g/mol. The van der Waals surface area contributed by atoms with Crippen LogP contribution in [0, 0.1) is 5.41 Å². The van der Waals surface area contributed by atoms with Crippen molar-refractivity contribution >= 4 is 11.4 Å². The van der Waals surface area contributed by atoms with E-state index in [1.54, 1.807) is 12.3 Å². The Morgan fingerprint density at radius 2 is 2.19 bits per heavy atom. The maximum atomic E-state index is 11.7. The van der Waals surface area contributed by atoms with E-state index in [0.29, 0.717) is 6.42 Å². The molecule has 2 rings (SSSR count). The van der Waals surface area contributed by atoms with Crippen LogP contribution in [0.2, 0.25) is 0 Å². The Hall–Kier alpha value is -1.38. The van der Waals surface area contributed by atoms with Crippen LogP contribution in [0.25, 0.3) is 5.57 Å². The minimum absolute atomic E-state index is 0.0612. The number of nitrogens with zero attached hydrogens (tertiary/aromatic N) is 2. The number of aromatic nitrogens is 2. The molecule has 3 heteroatoms. The van der Waals surface area contributed by atoms with E-state index in [-0.39, 0.29) is 11.2 Å². The molecule has 0 radical (unpaired) electrons. The van der Waals surface area contributed by atoms with Gasteiger partial charge in [-0.05, 0) is 30.4 Å². The van der Waals surface area contributed by atoms with E-state index in [9.17, 15) is 4.79 Å². The molecule has 0 amide bonds. The first-order valence-corrected chi connectivity index (χ1v) is 5.77. The SMILES string of the molecule is CCn1ccnc1C1=CC(=O)CC(C)(C)C1. The zero-order valence-electron chi connectivity index (χ0n) is 10.2. The quantitative estimate of drug-likeness (QED) is 0.765. The van der Waals surface area contributed by atoms with Crippen LogP contribution < -0.4 is 0 Å². The molecule has 0 saturated carbocycles. The van der Waals surface area contributed by atoms with Gasteiger partial charge in [0, 0.05) is 25.4 Å². The van der Waals surface area contributed by atoms with Crippen LogP contribution >= 0.6 is 0 Å². The van der Waals surface area contributed by atoms with Crippen LogP contribution in [0.4, 0.5) is 0 Å². The van der Waals surface area contributed by atoms with E-state index in [0.717, 1.165) is 24.4 Å². The van der Waals surface area contributed by atoms with E-state index in [2.05, 4.69) is 30.3 Å². The van der Waals surface area contributed by atoms with Gasteiger partial charge in [0.15, 0.2) is 5.78 Å². The van der Waals surface area contributed by atoms with Gasteiger partial charge in [0.2, 0.25) is 0 Å². The third kappa shape index (κ3) is 2.08. The molecule has 1 aliphatic rings. The molecule has 0 unspecified atom stereocenters. The summed E-state index contributed by atoms with van der Waals surface area (Å²) in [5, 5.41) is 0. The predicted molar refractivity (Wildman–Crippen MR) is 63.9 cm³/mol. The van der Waals surface area contributed by atoms with Crippen LogP contribution in [0.3, 0.4) is 0 Å². The highest BCUT2D eigenvalue weighted by Crippen LogP contribution is 2.37. The summed E-state index contributed by atoms with van der Waals surface area (Å²) < 4.78 is 2.08. The highest BCUT2D eigenvalue weighted by atomic mass is 16.1. The van der Waals surface area contributed by atoms with E-state index in [1.807, 2.05) is 6.20 Å². The van der Waals surface area contributed by atoms with Crippen molar-refractivity contribution in [3.05, 3.63) is 24.3 Å². The first-order chi connectivity index (χ1) is 7.52. The lowest BCUT2D eigenvalue weighted by molar-refractivity contribution is -0.116. The number of hydrogen-bond acceptors (Lipinski definition) is 2. The van der Waals surface area contributed by atoms with Crippen molar-refractivity contribution in [1.29, 1.82) is 0 Å². The summed E-state index contributed by atoms with van der Waals surface area (Å²) in [5.74, 6) is 1.17. The van der Waals surface area contributed by atoms with Gasteiger partial charge in [0.1, 0.15) is 5.82 Å². The van der Waals surface area contributed by atoms with E-state index < -0.39 is 0 Å². The molecule has 0 aromatic carbocycles. The van der Waals surface area contributed by atoms with Crippen molar-refractivity contribution in [2.24, 2.45) is 5.41 Å². The van der Waals surface area contributed by atoms with Crippen molar-refractivity contribution in [3.8, 4) is 0 Å². The average Bonchev–Trinajstić information content (AvgIpc) is 2.61. The van der Waals surface area contributed by atoms with Crippen molar-refractivity contribution in [1.82, 2.24) is 9.55 Å². The lowest BCUT2D eigenvalue weighted by Gasteiger charge is -2.28. The molecular weight excluding hydrogens is 200 g/mol. The standard InChI is InChI=1S/C13H18N2O/c1-4-15-6-5-14-12(15)10-7-11(16)9-13(2,3)8-10/h5-7H,4,8-9H2,1-3H3. The fourth-order valence-corrected chi connectivity index (χ4v) is 2.34. The number of hydrogen-bond donors (Lipinski definition) is 0. The van der Waals surface area contributed by atoms with Crippen LogP contribution in [0.15, 0.2) is 18.5 Å².